The van der Waals surface area contributed by atoms with Crippen molar-refractivity contribution in [3.63, 3.8) is 0 Å². The number of hydrogen-bond donors (Lipinski definition) is 0. The molecule has 1 rings (SSSR count). The second-order valence-corrected chi connectivity index (χ2v) is 5.79. The fraction of sp³-hybridized carbons (Fsp3) is 1.00. The summed E-state index contributed by atoms with van der Waals surface area (Å²) in [5, 5.41) is 0. The molecular weight excluding hydrogens is 215 g/mol. The average molecular weight is 246 g/mol. The van der Waals surface area contributed by atoms with E-state index >= 15 is 0 Å². The Bertz CT molecular complexity index is 147. The van der Waals surface area contributed by atoms with Crippen LogP contribution in [0.5, 0.6) is 0 Å². The second kappa shape index (κ2) is 10.5. The predicted octanol–water partition coefficient (Wildman–Crippen LogP) is 3.78. The Morgan fingerprint density at radius 2 is 1.75 bits per heavy atom. The van der Waals surface area contributed by atoms with Gasteiger partial charge in [-0.2, -0.15) is 0 Å². The first-order valence-electron chi connectivity index (χ1n) is 6.99. The maximum Gasteiger partial charge on any atom is 0.0397 e. The SMILES string of the molecule is CC.CCCN(C)C(CC)PN1CCCC1. The van der Waals surface area contributed by atoms with Crippen LogP contribution >= 0.6 is 8.73 Å². The molecule has 2 unspecified atom stereocenters. The van der Waals surface area contributed by atoms with Crippen molar-refractivity contribution in [1.82, 2.24) is 9.57 Å². The second-order valence-electron chi connectivity index (χ2n) is 4.23. The van der Waals surface area contributed by atoms with Crippen LogP contribution in [0.1, 0.15) is 53.4 Å². The van der Waals surface area contributed by atoms with Gasteiger partial charge in [-0.15, -0.1) is 0 Å². The van der Waals surface area contributed by atoms with Crippen LogP contribution in [0.3, 0.4) is 0 Å². The molecule has 1 saturated heterocycles. The third kappa shape index (κ3) is 6.18. The first kappa shape index (κ1) is 16.4. The van der Waals surface area contributed by atoms with Gasteiger partial charge in [-0.1, -0.05) is 27.7 Å². The maximum absolute atomic E-state index is 2.65. The largest absolute Gasteiger partial charge is 0.299 e. The molecule has 0 bridgehead atoms. The zero-order chi connectivity index (χ0) is 12.4. The maximum atomic E-state index is 2.65. The smallest absolute Gasteiger partial charge is 0.0397 e. The molecule has 0 aromatic rings. The van der Waals surface area contributed by atoms with Crippen molar-refractivity contribution in [1.29, 1.82) is 0 Å². The van der Waals surface area contributed by atoms with E-state index in [0.717, 1.165) is 14.5 Å². The average Bonchev–Trinajstić information content (AvgIpc) is 2.81. The van der Waals surface area contributed by atoms with E-state index in [9.17, 15) is 0 Å². The molecule has 0 aromatic carbocycles. The normalized spacial score (nSPS) is 19.1. The van der Waals surface area contributed by atoms with Crippen LogP contribution in [0.15, 0.2) is 0 Å². The Morgan fingerprint density at radius 3 is 2.19 bits per heavy atom. The lowest BCUT2D eigenvalue weighted by Crippen LogP contribution is -2.31. The minimum Gasteiger partial charge on any atom is -0.299 e. The van der Waals surface area contributed by atoms with Gasteiger partial charge in [-0.3, -0.25) is 9.57 Å². The summed E-state index contributed by atoms with van der Waals surface area (Å²) < 4.78 is 2.65. The molecule has 1 aliphatic rings. The van der Waals surface area contributed by atoms with E-state index in [2.05, 4.69) is 30.5 Å². The van der Waals surface area contributed by atoms with Gasteiger partial charge in [0.1, 0.15) is 0 Å². The zero-order valence-corrected chi connectivity index (χ0v) is 12.9. The summed E-state index contributed by atoms with van der Waals surface area (Å²) in [6, 6.07) is 0. The van der Waals surface area contributed by atoms with E-state index in [-0.39, 0.29) is 0 Å². The molecule has 98 valence electrons. The van der Waals surface area contributed by atoms with Crippen molar-refractivity contribution >= 4 is 8.73 Å². The van der Waals surface area contributed by atoms with Gasteiger partial charge in [0.15, 0.2) is 0 Å². The molecule has 1 heterocycles. The fourth-order valence-electron chi connectivity index (χ4n) is 2.07. The Morgan fingerprint density at radius 1 is 1.19 bits per heavy atom. The van der Waals surface area contributed by atoms with Crippen LogP contribution in [0.4, 0.5) is 0 Å². The molecule has 0 aromatic heterocycles. The van der Waals surface area contributed by atoms with Gasteiger partial charge in [0.2, 0.25) is 0 Å². The van der Waals surface area contributed by atoms with Crippen molar-refractivity contribution in [2.75, 3.05) is 26.7 Å². The van der Waals surface area contributed by atoms with Gasteiger partial charge in [0.25, 0.3) is 0 Å². The van der Waals surface area contributed by atoms with Gasteiger partial charge in [0.05, 0.1) is 0 Å². The molecule has 0 aliphatic carbocycles. The number of nitrogens with zero attached hydrogens (tertiary/aromatic N) is 2. The molecule has 0 N–H and O–H groups in total. The quantitative estimate of drug-likeness (QED) is 0.658. The molecule has 1 aliphatic heterocycles. The third-order valence-corrected chi connectivity index (χ3v) is 4.89. The molecule has 0 spiro atoms. The van der Waals surface area contributed by atoms with Crippen LogP contribution in [0.2, 0.25) is 0 Å². The Kier molecular flexibility index (Phi) is 10.7. The molecule has 2 nitrogen and oxygen atoms in total. The van der Waals surface area contributed by atoms with E-state index in [1.807, 2.05) is 13.8 Å². The van der Waals surface area contributed by atoms with Crippen LogP contribution in [0, 0.1) is 0 Å². The number of rotatable bonds is 6. The lowest BCUT2D eigenvalue weighted by Gasteiger charge is -2.30. The topological polar surface area (TPSA) is 6.48 Å². The van der Waals surface area contributed by atoms with Gasteiger partial charge in [-0.05, 0) is 48.0 Å². The monoisotopic (exact) mass is 246 g/mol. The summed E-state index contributed by atoms with van der Waals surface area (Å²) in [7, 11) is 3.30. The summed E-state index contributed by atoms with van der Waals surface area (Å²) in [5.41, 5.74) is 0. The van der Waals surface area contributed by atoms with Crippen molar-refractivity contribution < 1.29 is 0 Å². The Hall–Kier alpha value is 0.350. The molecule has 0 saturated carbocycles. The molecule has 0 amide bonds. The van der Waals surface area contributed by atoms with Crippen LogP contribution in [-0.2, 0) is 0 Å². The highest BCUT2D eigenvalue weighted by Crippen LogP contribution is 2.32. The van der Waals surface area contributed by atoms with E-state index in [1.165, 1.54) is 45.3 Å². The summed E-state index contributed by atoms with van der Waals surface area (Å²) in [6.07, 6.45) is 5.41. The van der Waals surface area contributed by atoms with Crippen molar-refractivity contribution in [2.45, 2.75) is 59.2 Å². The minimum atomic E-state index is 0.799. The fourth-order valence-corrected chi connectivity index (χ4v) is 3.57. The van der Waals surface area contributed by atoms with E-state index in [0.29, 0.717) is 0 Å². The van der Waals surface area contributed by atoms with Gasteiger partial charge < -0.3 is 0 Å². The highest BCUT2D eigenvalue weighted by Gasteiger charge is 2.18. The van der Waals surface area contributed by atoms with Gasteiger partial charge in [-0.25, -0.2) is 0 Å². The van der Waals surface area contributed by atoms with Crippen LogP contribution in [-0.4, -0.2) is 42.0 Å². The molecular formula is C13H31N2P. The Labute approximate surface area is 105 Å². The van der Waals surface area contributed by atoms with E-state index < -0.39 is 0 Å². The minimum absolute atomic E-state index is 0.799. The van der Waals surface area contributed by atoms with Crippen molar-refractivity contribution in [2.24, 2.45) is 0 Å². The van der Waals surface area contributed by atoms with Gasteiger partial charge in [0, 0.05) is 18.9 Å². The molecule has 0 radical (unpaired) electrons. The first-order valence-corrected chi connectivity index (χ1v) is 8.01. The third-order valence-electron chi connectivity index (χ3n) is 2.93. The highest BCUT2D eigenvalue weighted by atomic mass is 31.1. The first-order chi connectivity index (χ1) is 7.77. The highest BCUT2D eigenvalue weighted by molar-refractivity contribution is 7.36. The van der Waals surface area contributed by atoms with Gasteiger partial charge >= 0.3 is 0 Å². The van der Waals surface area contributed by atoms with Crippen molar-refractivity contribution in [3.05, 3.63) is 0 Å². The van der Waals surface area contributed by atoms with Crippen molar-refractivity contribution in [3.8, 4) is 0 Å². The molecule has 16 heavy (non-hydrogen) atoms. The molecule has 1 fully saturated rings. The van der Waals surface area contributed by atoms with E-state index in [4.69, 9.17) is 0 Å². The number of hydrogen-bond acceptors (Lipinski definition) is 2. The Balaban J connectivity index is 0.00000106. The lowest BCUT2D eigenvalue weighted by atomic mass is 10.4. The standard InChI is InChI=1S/C11H25N2P.C2H6/c1-4-8-12(3)11(5-2)14-13-9-6-7-10-13;1-2/h11,14H,4-10H2,1-3H3;1-2H3. The zero-order valence-electron chi connectivity index (χ0n) is 11.9. The molecule has 2 atom stereocenters. The van der Waals surface area contributed by atoms with Crippen LogP contribution < -0.4 is 0 Å². The molecule has 3 heteroatoms. The summed E-state index contributed by atoms with van der Waals surface area (Å²) in [4.78, 5) is 2.54. The summed E-state index contributed by atoms with van der Waals surface area (Å²) in [6.45, 7) is 12.5. The summed E-state index contributed by atoms with van der Waals surface area (Å²) in [5.74, 6) is 0.799. The lowest BCUT2D eigenvalue weighted by molar-refractivity contribution is 0.299. The summed E-state index contributed by atoms with van der Waals surface area (Å²) >= 11 is 0. The van der Waals surface area contributed by atoms with Crippen LogP contribution in [0.25, 0.3) is 0 Å². The van der Waals surface area contributed by atoms with E-state index in [1.54, 1.807) is 0 Å². The predicted molar refractivity (Wildman–Crippen MR) is 77.5 cm³/mol.